The second-order valence-electron chi connectivity index (χ2n) is 3.60. The van der Waals surface area contributed by atoms with Gasteiger partial charge in [0.15, 0.2) is 0 Å². The summed E-state index contributed by atoms with van der Waals surface area (Å²) in [6, 6.07) is 4.05. The number of benzene rings is 1. The lowest BCUT2D eigenvalue weighted by molar-refractivity contribution is -0.119. The normalized spacial score (nSPS) is 20.1. The van der Waals surface area contributed by atoms with Gasteiger partial charge in [-0.05, 0) is 37.6 Å². The number of carbonyl (C=O) groups is 1. The van der Waals surface area contributed by atoms with Gasteiger partial charge in [0.05, 0.1) is 0 Å². The summed E-state index contributed by atoms with van der Waals surface area (Å²) in [6.07, 6.45) is 0. The van der Waals surface area contributed by atoms with E-state index in [1.165, 1.54) is 12.1 Å². The highest BCUT2D eigenvalue weighted by atomic mass is 19.1. The van der Waals surface area contributed by atoms with Crippen molar-refractivity contribution in [2.45, 2.75) is 19.9 Å². The van der Waals surface area contributed by atoms with Gasteiger partial charge < -0.3 is 5.32 Å². The lowest BCUT2D eigenvalue weighted by atomic mass is 10.1. The smallest absolute Gasteiger partial charge is 0.250 e. The third kappa shape index (κ3) is 1.75. The number of amides is 1. The van der Waals surface area contributed by atoms with Crippen molar-refractivity contribution in [3.05, 3.63) is 35.1 Å². The molecule has 0 aromatic heterocycles. The van der Waals surface area contributed by atoms with Crippen LogP contribution in [0.2, 0.25) is 0 Å². The molecule has 3 nitrogen and oxygen atoms in total. The molecular formula is C11H11FN2O. The molecule has 78 valence electrons. The molecule has 0 bridgehead atoms. The van der Waals surface area contributed by atoms with E-state index in [0.29, 0.717) is 5.84 Å². The maximum absolute atomic E-state index is 12.9. The van der Waals surface area contributed by atoms with Crippen LogP contribution in [0.15, 0.2) is 23.2 Å². The predicted octanol–water partition coefficient (Wildman–Crippen LogP) is 1.40. The number of rotatable bonds is 1. The van der Waals surface area contributed by atoms with Crippen LogP contribution in [0, 0.1) is 12.7 Å². The summed E-state index contributed by atoms with van der Waals surface area (Å²) in [5, 5.41) is 2.67. The van der Waals surface area contributed by atoms with E-state index in [9.17, 15) is 9.18 Å². The van der Waals surface area contributed by atoms with Crippen molar-refractivity contribution in [3.8, 4) is 0 Å². The number of carbonyl (C=O) groups excluding carboxylic acids is 1. The number of nitrogens with one attached hydrogen (secondary N) is 1. The largest absolute Gasteiger partial charge is 0.309 e. The van der Waals surface area contributed by atoms with Gasteiger partial charge in [0.25, 0.3) is 0 Å². The lowest BCUT2D eigenvalue weighted by Crippen LogP contribution is -2.28. The summed E-state index contributed by atoms with van der Waals surface area (Å²) in [5.41, 5.74) is 1.54. The van der Waals surface area contributed by atoms with Crippen LogP contribution in [0.3, 0.4) is 0 Å². The predicted molar refractivity (Wildman–Crippen MR) is 55.3 cm³/mol. The van der Waals surface area contributed by atoms with Gasteiger partial charge in [-0.25, -0.2) is 4.39 Å². The number of amidine groups is 1. The van der Waals surface area contributed by atoms with Crippen LogP contribution in [0.5, 0.6) is 0 Å². The Kier molecular flexibility index (Phi) is 2.26. The van der Waals surface area contributed by atoms with Gasteiger partial charge in [0.1, 0.15) is 17.7 Å². The molecule has 2 rings (SSSR count). The van der Waals surface area contributed by atoms with Crippen LogP contribution in [-0.2, 0) is 4.79 Å². The van der Waals surface area contributed by atoms with Crippen LogP contribution >= 0.6 is 0 Å². The SMILES string of the molecule is Cc1cc(F)ccc1C1=NC(C)C(=O)N1. The van der Waals surface area contributed by atoms with Crippen LogP contribution in [0.4, 0.5) is 4.39 Å². The highest BCUT2D eigenvalue weighted by Crippen LogP contribution is 2.13. The second-order valence-corrected chi connectivity index (χ2v) is 3.60. The standard InChI is InChI=1S/C11H11FN2O/c1-6-5-8(12)3-4-9(6)10-13-7(2)11(15)14-10/h3-5,7H,1-2H3,(H,13,14,15). The lowest BCUT2D eigenvalue weighted by Gasteiger charge is -2.04. The minimum absolute atomic E-state index is 0.117. The van der Waals surface area contributed by atoms with Gasteiger partial charge in [0, 0.05) is 5.56 Å². The third-order valence-electron chi connectivity index (χ3n) is 2.39. The monoisotopic (exact) mass is 206 g/mol. The highest BCUT2D eigenvalue weighted by molar-refractivity contribution is 6.14. The van der Waals surface area contributed by atoms with Crippen LogP contribution < -0.4 is 5.32 Å². The molecule has 15 heavy (non-hydrogen) atoms. The van der Waals surface area contributed by atoms with Crippen molar-refractivity contribution in [1.29, 1.82) is 0 Å². The fourth-order valence-electron chi connectivity index (χ4n) is 1.54. The highest BCUT2D eigenvalue weighted by Gasteiger charge is 2.23. The molecular weight excluding hydrogens is 195 g/mol. The Morgan fingerprint density at radius 2 is 2.20 bits per heavy atom. The molecule has 0 saturated heterocycles. The second kappa shape index (κ2) is 3.46. The van der Waals surface area contributed by atoms with Gasteiger partial charge in [0.2, 0.25) is 5.91 Å². The van der Waals surface area contributed by atoms with E-state index in [2.05, 4.69) is 10.3 Å². The molecule has 0 aliphatic carbocycles. The van der Waals surface area contributed by atoms with E-state index in [0.717, 1.165) is 11.1 Å². The zero-order chi connectivity index (χ0) is 11.0. The number of halogens is 1. The Balaban J connectivity index is 2.39. The van der Waals surface area contributed by atoms with Crippen molar-refractivity contribution in [2.24, 2.45) is 4.99 Å². The molecule has 1 N–H and O–H groups in total. The first-order chi connectivity index (χ1) is 7.08. The maximum Gasteiger partial charge on any atom is 0.250 e. The number of nitrogens with zero attached hydrogens (tertiary/aromatic N) is 1. The first-order valence-corrected chi connectivity index (χ1v) is 4.73. The summed E-state index contributed by atoms with van der Waals surface area (Å²) in [7, 11) is 0. The zero-order valence-electron chi connectivity index (χ0n) is 8.54. The molecule has 0 fully saturated rings. The molecule has 4 heteroatoms. The summed E-state index contributed by atoms with van der Waals surface area (Å²) in [5.74, 6) is 0.132. The van der Waals surface area contributed by atoms with Crippen molar-refractivity contribution in [1.82, 2.24) is 5.32 Å². The summed E-state index contributed by atoms with van der Waals surface area (Å²) in [6.45, 7) is 3.51. The molecule has 1 amide bonds. The van der Waals surface area contributed by atoms with Gasteiger partial charge in [-0.2, -0.15) is 0 Å². The third-order valence-corrected chi connectivity index (χ3v) is 2.39. The fraction of sp³-hybridized carbons (Fsp3) is 0.273. The van der Waals surface area contributed by atoms with Gasteiger partial charge in [-0.15, -0.1) is 0 Å². The molecule has 1 unspecified atom stereocenters. The molecule has 1 aliphatic rings. The summed E-state index contributed by atoms with van der Waals surface area (Å²) < 4.78 is 12.9. The molecule has 1 aromatic carbocycles. The zero-order valence-corrected chi connectivity index (χ0v) is 8.54. The fourth-order valence-corrected chi connectivity index (χ4v) is 1.54. The Labute approximate surface area is 87.0 Å². The summed E-state index contributed by atoms with van der Waals surface area (Å²) >= 11 is 0. The van der Waals surface area contributed by atoms with Gasteiger partial charge >= 0.3 is 0 Å². The van der Waals surface area contributed by atoms with E-state index in [1.54, 1.807) is 19.9 Å². The van der Waals surface area contributed by atoms with E-state index in [-0.39, 0.29) is 17.8 Å². The van der Waals surface area contributed by atoms with Crippen LogP contribution in [-0.4, -0.2) is 17.8 Å². The molecule has 0 spiro atoms. The Morgan fingerprint density at radius 3 is 2.73 bits per heavy atom. The van der Waals surface area contributed by atoms with Crippen molar-refractivity contribution in [2.75, 3.05) is 0 Å². The number of aliphatic imine (C=N–C) groups is 1. The maximum atomic E-state index is 12.9. The van der Waals surface area contributed by atoms with E-state index in [4.69, 9.17) is 0 Å². The molecule has 1 aliphatic heterocycles. The van der Waals surface area contributed by atoms with Crippen LogP contribution in [0.25, 0.3) is 0 Å². The molecule has 1 heterocycles. The van der Waals surface area contributed by atoms with Crippen molar-refractivity contribution in [3.63, 3.8) is 0 Å². The first kappa shape index (κ1) is 9.83. The number of hydrogen-bond acceptors (Lipinski definition) is 2. The molecule has 0 saturated carbocycles. The average Bonchev–Trinajstić information content (AvgIpc) is 2.46. The quantitative estimate of drug-likeness (QED) is 0.741. The van der Waals surface area contributed by atoms with Crippen LogP contribution in [0.1, 0.15) is 18.1 Å². The first-order valence-electron chi connectivity index (χ1n) is 4.73. The summed E-state index contributed by atoms with van der Waals surface area (Å²) in [4.78, 5) is 15.4. The topological polar surface area (TPSA) is 41.5 Å². The minimum Gasteiger partial charge on any atom is -0.309 e. The van der Waals surface area contributed by atoms with E-state index < -0.39 is 0 Å². The van der Waals surface area contributed by atoms with E-state index >= 15 is 0 Å². The molecule has 1 atom stereocenters. The van der Waals surface area contributed by atoms with Gasteiger partial charge in [-0.1, -0.05) is 0 Å². The van der Waals surface area contributed by atoms with Crippen molar-refractivity contribution >= 4 is 11.7 Å². The van der Waals surface area contributed by atoms with Crippen molar-refractivity contribution < 1.29 is 9.18 Å². The Morgan fingerprint density at radius 1 is 1.47 bits per heavy atom. The van der Waals surface area contributed by atoms with E-state index in [1.807, 2.05) is 0 Å². The number of hydrogen-bond donors (Lipinski definition) is 1. The number of aryl methyl sites for hydroxylation is 1. The Bertz CT molecular complexity index is 454. The molecule has 1 aromatic rings. The average molecular weight is 206 g/mol. The molecule has 0 radical (unpaired) electrons. The Hall–Kier alpha value is -1.71. The minimum atomic E-state index is -0.357. The van der Waals surface area contributed by atoms with Gasteiger partial charge in [-0.3, -0.25) is 9.79 Å².